The molecule has 0 spiro atoms. The maximum absolute atomic E-state index is 13.0. The van der Waals surface area contributed by atoms with Crippen molar-refractivity contribution in [3.63, 3.8) is 0 Å². The van der Waals surface area contributed by atoms with Crippen LogP contribution in [0.5, 0.6) is 0 Å². The normalized spacial score (nSPS) is 21.7. The number of hydrazine groups is 1. The van der Waals surface area contributed by atoms with E-state index in [0.29, 0.717) is 5.92 Å². The lowest BCUT2D eigenvalue weighted by Crippen LogP contribution is -2.42. The summed E-state index contributed by atoms with van der Waals surface area (Å²) in [5.74, 6) is 8.17. The van der Waals surface area contributed by atoms with E-state index in [1.165, 1.54) is 18.2 Å². The molecule has 94 valence electrons. The minimum atomic E-state index is -0.371. The minimum Gasteiger partial charge on any atom is -0.271 e. The smallest absolute Gasteiger partial charge is 0.141 e. The van der Waals surface area contributed by atoms with Crippen LogP contribution in [0.4, 0.5) is 4.39 Å². The Bertz CT molecular complexity index is 383. The SMILES string of the molecule is NNC(Cc1ccc(F)c(Cl)c1)C1CCSC1. The van der Waals surface area contributed by atoms with E-state index in [2.05, 4.69) is 5.43 Å². The highest BCUT2D eigenvalue weighted by atomic mass is 35.5. The van der Waals surface area contributed by atoms with Crippen molar-refractivity contribution in [2.45, 2.75) is 18.9 Å². The van der Waals surface area contributed by atoms with Gasteiger partial charge in [0.25, 0.3) is 0 Å². The molecule has 2 rings (SSSR count). The first-order chi connectivity index (χ1) is 8.20. The second-order valence-electron chi connectivity index (χ2n) is 4.35. The summed E-state index contributed by atoms with van der Waals surface area (Å²) in [5.41, 5.74) is 3.90. The van der Waals surface area contributed by atoms with Gasteiger partial charge in [-0.05, 0) is 48.0 Å². The highest BCUT2D eigenvalue weighted by Crippen LogP contribution is 2.28. The summed E-state index contributed by atoms with van der Waals surface area (Å²) >= 11 is 7.73. The Kier molecular flexibility index (Phi) is 4.68. The zero-order valence-electron chi connectivity index (χ0n) is 9.46. The fourth-order valence-electron chi connectivity index (χ4n) is 2.15. The summed E-state index contributed by atoms with van der Waals surface area (Å²) in [5, 5.41) is 0.180. The van der Waals surface area contributed by atoms with Crippen LogP contribution in [-0.4, -0.2) is 17.5 Å². The molecule has 0 aromatic heterocycles. The standard InChI is InChI=1S/C12H16ClFN2S/c13-10-5-8(1-2-11(10)14)6-12(16-15)9-3-4-17-7-9/h1-2,5,9,12,16H,3-4,6-7,15H2. The Morgan fingerprint density at radius 2 is 2.41 bits per heavy atom. The Labute approximate surface area is 110 Å². The molecule has 5 heteroatoms. The van der Waals surface area contributed by atoms with E-state index in [0.717, 1.165) is 17.7 Å². The Morgan fingerprint density at radius 1 is 1.59 bits per heavy atom. The van der Waals surface area contributed by atoms with Crippen LogP contribution in [0.1, 0.15) is 12.0 Å². The molecule has 0 aliphatic carbocycles. The molecule has 1 aliphatic rings. The number of nitrogens with one attached hydrogen (secondary N) is 1. The van der Waals surface area contributed by atoms with Crippen LogP contribution in [0.25, 0.3) is 0 Å². The molecule has 1 aliphatic heterocycles. The summed E-state index contributed by atoms with van der Waals surface area (Å²) in [6.45, 7) is 0. The number of rotatable bonds is 4. The van der Waals surface area contributed by atoms with E-state index in [1.807, 2.05) is 11.8 Å². The summed E-state index contributed by atoms with van der Waals surface area (Å²) in [6, 6.07) is 5.11. The first-order valence-electron chi connectivity index (χ1n) is 5.68. The van der Waals surface area contributed by atoms with Gasteiger partial charge >= 0.3 is 0 Å². The second-order valence-corrected chi connectivity index (χ2v) is 5.91. The van der Waals surface area contributed by atoms with Gasteiger partial charge in [-0.3, -0.25) is 11.3 Å². The number of thioether (sulfide) groups is 1. The lowest BCUT2D eigenvalue weighted by atomic mass is 9.93. The molecular formula is C12H16ClFN2S. The van der Waals surface area contributed by atoms with Crippen molar-refractivity contribution in [3.05, 3.63) is 34.6 Å². The third-order valence-corrected chi connectivity index (χ3v) is 4.67. The summed E-state index contributed by atoms with van der Waals surface area (Å²) in [6.07, 6.45) is 1.98. The van der Waals surface area contributed by atoms with Crippen LogP contribution in [0, 0.1) is 11.7 Å². The topological polar surface area (TPSA) is 38.0 Å². The van der Waals surface area contributed by atoms with Crippen molar-refractivity contribution in [2.75, 3.05) is 11.5 Å². The molecule has 1 saturated heterocycles. The van der Waals surface area contributed by atoms with Gasteiger partial charge in [0, 0.05) is 6.04 Å². The van der Waals surface area contributed by atoms with Crippen molar-refractivity contribution in [1.29, 1.82) is 0 Å². The third-order valence-electron chi connectivity index (χ3n) is 3.19. The van der Waals surface area contributed by atoms with E-state index in [-0.39, 0.29) is 16.9 Å². The van der Waals surface area contributed by atoms with Crippen LogP contribution >= 0.6 is 23.4 Å². The predicted molar refractivity (Wildman–Crippen MR) is 71.7 cm³/mol. The van der Waals surface area contributed by atoms with Gasteiger partial charge in [0.05, 0.1) is 5.02 Å². The minimum absolute atomic E-state index is 0.180. The van der Waals surface area contributed by atoms with Crippen LogP contribution in [-0.2, 0) is 6.42 Å². The van der Waals surface area contributed by atoms with Gasteiger partial charge in [0.15, 0.2) is 0 Å². The van der Waals surface area contributed by atoms with Crippen LogP contribution in [0.3, 0.4) is 0 Å². The van der Waals surface area contributed by atoms with E-state index in [9.17, 15) is 4.39 Å². The Hall–Kier alpha value is -0.290. The summed E-state index contributed by atoms with van der Waals surface area (Å²) in [7, 11) is 0. The zero-order chi connectivity index (χ0) is 12.3. The van der Waals surface area contributed by atoms with Gasteiger partial charge < -0.3 is 0 Å². The monoisotopic (exact) mass is 274 g/mol. The van der Waals surface area contributed by atoms with Crippen molar-refractivity contribution in [3.8, 4) is 0 Å². The molecular weight excluding hydrogens is 259 g/mol. The lowest BCUT2D eigenvalue weighted by Gasteiger charge is -2.22. The van der Waals surface area contributed by atoms with E-state index >= 15 is 0 Å². The van der Waals surface area contributed by atoms with Gasteiger partial charge in [-0.1, -0.05) is 17.7 Å². The van der Waals surface area contributed by atoms with E-state index < -0.39 is 0 Å². The molecule has 3 N–H and O–H groups in total. The molecule has 2 atom stereocenters. The van der Waals surface area contributed by atoms with Gasteiger partial charge in [0.1, 0.15) is 5.82 Å². The Morgan fingerprint density at radius 3 is 3.00 bits per heavy atom. The van der Waals surface area contributed by atoms with Crippen molar-refractivity contribution in [2.24, 2.45) is 11.8 Å². The van der Waals surface area contributed by atoms with Gasteiger partial charge in [-0.2, -0.15) is 11.8 Å². The average Bonchev–Trinajstić information content (AvgIpc) is 2.84. The molecule has 1 aromatic rings. The fourth-order valence-corrected chi connectivity index (χ4v) is 3.69. The second kappa shape index (κ2) is 6.05. The first kappa shape index (κ1) is 13.1. The van der Waals surface area contributed by atoms with Crippen LogP contribution in [0.2, 0.25) is 5.02 Å². The maximum Gasteiger partial charge on any atom is 0.141 e. The molecule has 0 bridgehead atoms. The van der Waals surface area contributed by atoms with E-state index in [1.54, 1.807) is 12.1 Å². The molecule has 1 aromatic carbocycles. The van der Waals surface area contributed by atoms with Gasteiger partial charge in [0.2, 0.25) is 0 Å². The predicted octanol–water partition coefficient (Wildman–Crippen LogP) is 2.61. The highest BCUT2D eigenvalue weighted by Gasteiger charge is 2.24. The average molecular weight is 275 g/mol. The molecule has 1 fully saturated rings. The lowest BCUT2D eigenvalue weighted by molar-refractivity contribution is 0.386. The van der Waals surface area contributed by atoms with Crippen molar-refractivity contribution >= 4 is 23.4 Å². The molecule has 2 nitrogen and oxygen atoms in total. The van der Waals surface area contributed by atoms with Gasteiger partial charge in [-0.25, -0.2) is 4.39 Å². The largest absolute Gasteiger partial charge is 0.271 e. The molecule has 0 amide bonds. The number of nitrogens with two attached hydrogens (primary N) is 1. The zero-order valence-corrected chi connectivity index (χ0v) is 11.0. The maximum atomic E-state index is 13.0. The number of hydrogen-bond acceptors (Lipinski definition) is 3. The quantitative estimate of drug-likeness (QED) is 0.655. The molecule has 0 saturated carbocycles. The number of benzene rings is 1. The van der Waals surface area contributed by atoms with Crippen molar-refractivity contribution in [1.82, 2.24) is 5.43 Å². The van der Waals surface area contributed by atoms with Crippen LogP contribution < -0.4 is 11.3 Å². The first-order valence-corrected chi connectivity index (χ1v) is 7.21. The molecule has 0 radical (unpaired) electrons. The number of hydrogen-bond donors (Lipinski definition) is 2. The summed E-state index contributed by atoms with van der Waals surface area (Å²) < 4.78 is 13.0. The third kappa shape index (κ3) is 3.35. The molecule has 1 heterocycles. The number of halogens is 2. The van der Waals surface area contributed by atoms with Crippen LogP contribution in [0.15, 0.2) is 18.2 Å². The van der Waals surface area contributed by atoms with Gasteiger partial charge in [-0.15, -0.1) is 0 Å². The fraction of sp³-hybridized carbons (Fsp3) is 0.500. The highest BCUT2D eigenvalue weighted by molar-refractivity contribution is 7.99. The summed E-state index contributed by atoms with van der Waals surface area (Å²) in [4.78, 5) is 0. The molecule has 2 unspecified atom stereocenters. The molecule has 17 heavy (non-hydrogen) atoms. The Balaban J connectivity index is 2.04. The van der Waals surface area contributed by atoms with E-state index in [4.69, 9.17) is 17.4 Å². The van der Waals surface area contributed by atoms with Crippen molar-refractivity contribution < 1.29 is 4.39 Å².